The average Bonchev–Trinajstić information content (AvgIpc) is 3.29. The summed E-state index contributed by atoms with van der Waals surface area (Å²) in [5.74, 6) is -1.87. The van der Waals surface area contributed by atoms with Crippen LogP contribution in [-0.2, 0) is 6.18 Å². The van der Waals surface area contributed by atoms with Crippen LogP contribution >= 0.6 is 0 Å². The van der Waals surface area contributed by atoms with Gasteiger partial charge < -0.3 is 10.5 Å². The van der Waals surface area contributed by atoms with E-state index in [4.69, 9.17) is 10.5 Å². The maximum absolute atomic E-state index is 12.8. The molecule has 2 aromatic heterocycles. The fraction of sp³-hybridized carbons (Fsp3) is 0.417. The van der Waals surface area contributed by atoms with Crippen LogP contribution in [0.4, 0.5) is 19.1 Å². The molecule has 0 amide bonds. The van der Waals surface area contributed by atoms with Crippen LogP contribution in [0.5, 0.6) is 5.88 Å². The third-order valence-corrected chi connectivity index (χ3v) is 3.13. The van der Waals surface area contributed by atoms with Crippen molar-refractivity contribution in [3.05, 3.63) is 17.8 Å². The molecule has 0 atom stereocenters. The van der Waals surface area contributed by atoms with Crippen molar-refractivity contribution in [2.45, 2.75) is 24.9 Å². The molecule has 1 fully saturated rings. The monoisotopic (exact) mass is 312 g/mol. The molecule has 1 saturated carbocycles. The predicted molar refractivity (Wildman–Crippen MR) is 68.8 cm³/mol. The number of halogens is 3. The summed E-state index contributed by atoms with van der Waals surface area (Å²) in [5, 5.41) is 0. The number of rotatable bonds is 3. The molecule has 0 radical (unpaired) electrons. The normalized spacial score (nSPS) is 14.9. The highest BCUT2D eigenvalue weighted by Gasteiger charge is 2.37. The van der Waals surface area contributed by atoms with Crippen molar-refractivity contribution < 1.29 is 17.9 Å². The van der Waals surface area contributed by atoms with Crippen molar-refractivity contribution in [1.29, 1.82) is 0 Å². The number of nitrogens with zero attached hydrogens (tertiary/aromatic N) is 5. The molecular formula is C12H11F3N6O. The molecular weight excluding hydrogens is 301 g/mol. The van der Waals surface area contributed by atoms with Crippen LogP contribution in [0.1, 0.15) is 30.3 Å². The van der Waals surface area contributed by atoms with Crippen molar-refractivity contribution in [2.24, 2.45) is 0 Å². The molecule has 0 bridgehead atoms. The second-order valence-electron chi connectivity index (χ2n) is 4.76. The van der Waals surface area contributed by atoms with Gasteiger partial charge in [0.05, 0.1) is 12.8 Å². The van der Waals surface area contributed by atoms with Crippen molar-refractivity contribution in [2.75, 3.05) is 12.8 Å². The lowest BCUT2D eigenvalue weighted by Crippen LogP contribution is -2.15. The first-order valence-corrected chi connectivity index (χ1v) is 6.38. The van der Waals surface area contributed by atoms with Gasteiger partial charge in [-0.25, -0.2) is 15.0 Å². The molecule has 0 aliphatic heterocycles. The molecule has 0 aromatic carbocycles. The zero-order chi connectivity index (χ0) is 15.9. The average molecular weight is 312 g/mol. The number of ether oxygens (including phenoxy) is 1. The maximum Gasteiger partial charge on any atom is 0.451 e. The summed E-state index contributed by atoms with van der Waals surface area (Å²) < 4.78 is 43.7. The van der Waals surface area contributed by atoms with Crippen LogP contribution in [0.3, 0.4) is 0 Å². The van der Waals surface area contributed by atoms with Gasteiger partial charge in [0.2, 0.25) is 17.7 Å². The van der Waals surface area contributed by atoms with Crippen molar-refractivity contribution in [1.82, 2.24) is 24.9 Å². The molecule has 10 heteroatoms. The molecule has 7 nitrogen and oxygen atoms in total. The van der Waals surface area contributed by atoms with Gasteiger partial charge >= 0.3 is 6.18 Å². The quantitative estimate of drug-likeness (QED) is 0.922. The number of alkyl halides is 3. The summed E-state index contributed by atoms with van der Waals surface area (Å²) in [6.07, 6.45) is -1.65. The highest BCUT2D eigenvalue weighted by Crippen LogP contribution is 2.45. The number of hydrogen-bond donors (Lipinski definition) is 1. The van der Waals surface area contributed by atoms with Gasteiger partial charge in [0, 0.05) is 5.92 Å². The summed E-state index contributed by atoms with van der Waals surface area (Å²) in [5.41, 5.74) is 6.17. The van der Waals surface area contributed by atoms with Gasteiger partial charge in [-0.3, -0.25) is 0 Å². The molecule has 0 saturated heterocycles. The minimum Gasteiger partial charge on any atom is -0.480 e. The van der Waals surface area contributed by atoms with Gasteiger partial charge in [0.25, 0.3) is 0 Å². The molecule has 3 rings (SSSR count). The first-order chi connectivity index (χ1) is 10.4. The summed E-state index contributed by atoms with van der Waals surface area (Å²) >= 11 is 0. The highest BCUT2D eigenvalue weighted by molar-refractivity contribution is 5.66. The molecule has 116 valence electrons. The number of aromatic nitrogens is 5. The second-order valence-corrected chi connectivity index (χ2v) is 4.76. The molecule has 0 unspecified atom stereocenters. The van der Waals surface area contributed by atoms with E-state index < -0.39 is 17.9 Å². The number of nitrogens with two attached hydrogens (primary N) is 1. The van der Waals surface area contributed by atoms with E-state index >= 15 is 0 Å². The Morgan fingerprint density at radius 1 is 1.18 bits per heavy atom. The van der Waals surface area contributed by atoms with E-state index in [-0.39, 0.29) is 23.2 Å². The van der Waals surface area contributed by atoms with Gasteiger partial charge in [-0.1, -0.05) is 0 Å². The lowest BCUT2D eigenvalue weighted by Gasteiger charge is -2.12. The Morgan fingerprint density at radius 2 is 1.91 bits per heavy atom. The van der Waals surface area contributed by atoms with Gasteiger partial charge in [-0.2, -0.15) is 23.1 Å². The van der Waals surface area contributed by atoms with Crippen molar-refractivity contribution in [3.8, 4) is 17.3 Å². The van der Waals surface area contributed by atoms with E-state index in [1.807, 2.05) is 0 Å². The Labute approximate surface area is 122 Å². The fourth-order valence-corrected chi connectivity index (χ4v) is 2.04. The van der Waals surface area contributed by atoms with E-state index in [2.05, 4.69) is 24.9 Å². The first-order valence-electron chi connectivity index (χ1n) is 6.38. The predicted octanol–water partition coefficient (Wildman–Crippen LogP) is 1.82. The zero-order valence-electron chi connectivity index (χ0n) is 11.4. The molecule has 2 aromatic rings. The summed E-state index contributed by atoms with van der Waals surface area (Å²) in [6, 6.07) is 0. The fourth-order valence-electron chi connectivity index (χ4n) is 2.04. The zero-order valence-corrected chi connectivity index (χ0v) is 11.4. The SMILES string of the molecule is COc1ncnc(C2CC2)c1-c1nc(N)nc(C(F)(F)F)n1. The summed E-state index contributed by atoms with van der Waals surface area (Å²) in [6.45, 7) is 0. The standard InChI is InChI=1S/C12H11F3N6O/c1-22-9-6(7(5-2-3-5)17-4-18-9)8-19-10(12(13,14)15)21-11(16)20-8/h4-5H,2-3H2,1H3,(H2,16,19,20,21). The van der Waals surface area contributed by atoms with Gasteiger partial charge in [-0.05, 0) is 12.8 Å². The lowest BCUT2D eigenvalue weighted by molar-refractivity contribution is -0.144. The third-order valence-electron chi connectivity index (χ3n) is 3.13. The second kappa shape index (κ2) is 5.04. The maximum atomic E-state index is 12.8. The Balaban J connectivity index is 2.21. The Kier molecular flexibility index (Phi) is 3.30. The van der Waals surface area contributed by atoms with Crippen LogP contribution in [0, 0.1) is 0 Å². The van der Waals surface area contributed by atoms with E-state index in [0.717, 1.165) is 12.8 Å². The van der Waals surface area contributed by atoms with Crippen LogP contribution in [0.25, 0.3) is 11.4 Å². The third kappa shape index (κ3) is 2.63. The Hall–Kier alpha value is -2.52. The minimum atomic E-state index is -4.73. The van der Waals surface area contributed by atoms with Gasteiger partial charge in [0.15, 0.2) is 5.82 Å². The van der Waals surface area contributed by atoms with Crippen molar-refractivity contribution in [3.63, 3.8) is 0 Å². The van der Waals surface area contributed by atoms with Crippen LogP contribution in [0.2, 0.25) is 0 Å². The molecule has 22 heavy (non-hydrogen) atoms. The number of anilines is 1. The Bertz CT molecular complexity index is 716. The largest absolute Gasteiger partial charge is 0.480 e. The van der Waals surface area contributed by atoms with Gasteiger partial charge in [0.1, 0.15) is 11.9 Å². The smallest absolute Gasteiger partial charge is 0.451 e. The molecule has 2 N–H and O–H groups in total. The van der Waals surface area contributed by atoms with Crippen LogP contribution in [-0.4, -0.2) is 32.0 Å². The van der Waals surface area contributed by atoms with E-state index in [1.165, 1.54) is 13.4 Å². The summed E-state index contributed by atoms with van der Waals surface area (Å²) in [4.78, 5) is 18.4. The highest BCUT2D eigenvalue weighted by atomic mass is 19.4. The van der Waals surface area contributed by atoms with E-state index in [9.17, 15) is 13.2 Å². The number of nitrogen functional groups attached to an aromatic ring is 1. The molecule has 0 spiro atoms. The molecule has 1 aliphatic rings. The molecule has 2 heterocycles. The minimum absolute atomic E-state index is 0.107. The first kappa shape index (κ1) is 14.4. The number of hydrogen-bond acceptors (Lipinski definition) is 7. The van der Waals surface area contributed by atoms with Crippen LogP contribution < -0.4 is 10.5 Å². The summed E-state index contributed by atoms with van der Waals surface area (Å²) in [7, 11) is 1.36. The topological polar surface area (TPSA) is 99.7 Å². The molecule has 1 aliphatic carbocycles. The lowest BCUT2D eigenvalue weighted by atomic mass is 10.1. The van der Waals surface area contributed by atoms with Crippen molar-refractivity contribution >= 4 is 5.95 Å². The van der Waals surface area contributed by atoms with Crippen LogP contribution in [0.15, 0.2) is 6.33 Å². The van der Waals surface area contributed by atoms with E-state index in [1.54, 1.807) is 0 Å². The van der Waals surface area contributed by atoms with Gasteiger partial charge in [-0.15, -0.1) is 0 Å². The van der Waals surface area contributed by atoms with E-state index in [0.29, 0.717) is 5.69 Å². The Morgan fingerprint density at radius 3 is 2.50 bits per heavy atom. The number of methoxy groups -OCH3 is 1.